The Balaban J connectivity index is 1.50. The number of amides is 3. The first-order chi connectivity index (χ1) is 21.7. The largest absolute Gasteiger partial charge is 0.496 e. The normalized spacial score (nSPS) is 11.6. The molecule has 0 radical (unpaired) electrons. The molecule has 0 saturated carbocycles. The minimum Gasteiger partial charge on any atom is -0.496 e. The Hall–Kier alpha value is -4.93. The highest BCUT2D eigenvalue weighted by Gasteiger charge is 2.20. The van der Waals surface area contributed by atoms with Crippen LogP contribution < -0.4 is 30.2 Å². The molecule has 4 aromatic rings. The first kappa shape index (κ1) is 33.0. The summed E-state index contributed by atoms with van der Waals surface area (Å²) in [5, 5.41) is 8.24. The summed E-state index contributed by atoms with van der Waals surface area (Å²) in [4.78, 5) is 40.3. The van der Waals surface area contributed by atoms with Crippen molar-refractivity contribution in [2.24, 2.45) is 0 Å². The first-order valence-electron chi connectivity index (χ1n) is 13.7. The summed E-state index contributed by atoms with van der Waals surface area (Å²) < 4.78 is 16.0. The third-order valence-corrected chi connectivity index (χ3v) is 7.86. The van der Waals surface area contributed by atoms with Gasteiger partial charge in [-0.25, -0.2) is 0 Å². The van der Waals surface area contributed by atoms with Crippen LogP contribution in [0, 0.1) is 0 Å². The van der Waals surface area contributed by atoms with Crippen LogP contribution in [-0.2, 0) is 9.59 Å². The van der Waals surface area contributed by atoms with E-state index in [0.29, 0.717) is 44.8 Å². The predicted molar refractivity (Wildman–Crippen MR) is 178 cm³/mol. The molecule has 3 N–H and O–H groups in total. The van der Waals surface area contributed by atoms with Gasteiger partial charge in [0.15, 0.2) is 0 Å². The number of benzene rings is 4. The van der Waals surface area contributed by atoms with Gasteiger partial charge in [-0.1, -0.05) is 54.1 Å². The van der Waals surface area contributed by atoms with Gasteiger partial charge in [-0.2, -0.15) is 0 Å². The maximum atomic E-state index is 13.5. The molecule has 11 heteroatoms. The van der Waals surface area contributed by atoms with Crippen molar-refractivity contribution in [3.8, 4) is 17.2 Å². The van der Waals surface area contributed by atoms with Crippen molar-refractivity contribution in [3.05, 3.63) is 113 Å². The molecular formula is C34H32ClN3O6S. The van der Waals surface area contributed by atoms with Crippen molar-refractivity contribution in [1.29, 1.82) is 0 Å². The molecule has 0 heterocycles. The number of para-hydroxylation sites is 1. The number of hydrogen-bond acceptors (Lipinski definition) is 7. The first-order valence-corrected chi connectivity index (χ1v) is 15.0. The van der Waals surface area contributed by atoms with Gasteiger partial charge >= 0.3 is 0 Å². The van der Waals surface area contributed by atoms with Crippen LogP contribution in [0.25, 0.3) is 6.08 Å². The fourth-order valence-corrected chi connectivity index (χ4v) is 5.35. The number of anilines is 2. The van der Waals surface area contributed by atoms with Crippen LogP contribution in [0.2, 0.25) is 5.02 Å². The molecule has 9 nitrogen and oxygen atoms in total. The molecule has 0 aromatic heterocycles. The Morgan fingerprint density at radius 2 is 1.47 bits per heavy atom. The zero-order chi connectivity index (χ0) is 32.3. The highest BCUT2D eigenvalue weighted by molar-refractivity contribution is 8.00. The minimum absolute atomic E-state index is 0.0197. The number of halogens is 1. The summed E-state index contributed by atoms with van der Waals surface area (Å²) >= 11 is 7.55. The number of thioether (sulfide) groups is 1. The van der Waals surface area contributed by atoms with E-state index >= 15 is 0 Å². The molecule has 0 spiro atoms. The lowest BCUT2D eigenvalue weighted by Crippen LogP contribution is -2.30. The number of rotatable bonds is 12. The lowest BCUT2D eigenvalue weighted by molar-refractivity contribution is -0.115. The smallest absolute Gasteiger partial charge is 0.272 e. The molecule has 0 fully saturated rings. The standard InChI is InChI=1S/C34H32ClN3O6S/c1-21(32(39)37-27-19-26(35)30(43-3)20-31(27)44-4)45-25-15-10-14-24(18-25)36-34(41)28(17-23-13-8-9-16-29(23)42-2)38-33(40)22-11-6-5-7-12-22/h5-21H,1-4H3,(H,36,41)(H,37,39)(H,38,40)/b28-17+. The summed E-state index contributed by atoms with van der Waals surface area (Å²) in [5.74, 6) is 0.111. The van der Waals surface area contributed by atoms with Crippen LogP contribution in [-0.4, -0.2) is 44.3 Å². The summed E-state index contributed by atoms with van der Waals surface area (Å²) in [5.41, 5.74) is 1.91. The fraction of sp³-hybridized carbons (Fsp3) is 0.147. The van der Waals surface area contributed by atoms with E-state index in [1.807, 2.05) is 12.1 Å². The van der Waals surface area contributed by atoms with Crippen LogP contribution in [0.4, 0.5) is 11.4 Å². The van der Waals surface area contributed by atoms with Gasteiger partial charge in [0, 0.05) is 27.8 Å². The topological polar surface area (TPSA) is 115 Å². The zero-order valence-electron chi connectivity index (χ0n) is 25.1. The van der Waals surface area contributed by atoms with E-state index < -0.39 is 17.1 Å². The van der Waals surface area contributed by atoms with Crippen LogP contribution in [0.15, 0.2) is 102 Å². The van der Waals surface area contributed by atoms with Crippen molar-refractivity contribution in [3.63, 3.8) is 0 Å². The van der Waals surface area contributed by atoms with E-state index in [1.54, 1.807) is 91.9 Å². The fourth-order valence-electron chi connectivity index (χ4n) is 4.18. The molecule has 0 aliphatic rings. The van der Waals surface area contributed by atoms with Crippen LogP contribution >= 0.6 is 23.4 Å². The Morgan fingerprint density at radius 1 is 0.778 bits per heavy atom. The average molecular weight is 646 g/mol. The van der Waals surface area contributed by atoms with Gasteiger partial charge in [0.25, 0.3) is 11.8 Å². The number of nitrogens with one attached hydrogen (secondary N) is 3. The van der Waals surface area contributed by atoms with Crippen LogP contribution in [0.5, 0.6) is 17.2 Å². The molecule has 4 aromatic carbocycles. The second-order valence-corrected chi connectivity index (χ2v) is 11.4. The molecule has 232 valence electrons. The summed E-state index contributed by atoms with van der Waals surface area (Å²) in [6.45, 7) is 1.76. The number of methoxy groups -OCH3 is 3. The quantitative estimate of drug-likeness (QED) is 0.113. The molecule has 3 amide bonds. The number of ether oxygens (including phenoxy) is 3. The third kappa shape index (κ3) is 8.81. The van der Waals surface area contributed by atoms with Gasteiger partial charge in [-0.05, 0) is 55.5 Å². The minimum atomic E-state index is -0.540. The van der Waals surface area contributed by atoms with E-state index in [4.69, 9.17) is 25.8 Å². The van der Waals surface area contributed by atoms with Gasteiger partial charge in [-0.15, -0.1) is 11.8 Å². The van der Waals surface area contributed by atoms with Crippen molar-refractivity contribution in [1.82, 2.24) is 5.32 Å². The Kier molecular flexibility index (Phi) is 11.5. The van der Waals surface area contributed by atoms with E-state index in [0.717, 1.165) is 4.90 Å². The van der Waals surface area contributed by atoms with E-state index in [2.05, 4.69) is 16.0 Å². The van der Waals surface area contributed by atoms with Gasteiger partial charge in [-0.3, -0.25) is 14.4 Å². The van der Waals surface area contributed by atoms with Gasteiger partial charge in [0.1, 0.15) is 22.9 Å². The van der Waals surface area contributed by atoms with E-state index in [1.165, 1.54) is 33.1 Å². The maximum absolute atomic E-state index is 13.5. The Bertz CT molecular complexity index is 1710. The lowest BCUT2D eigenvalue weighted by atomic mass is 10.1. The molecule has 1 unspecified atom stereocenters. The Morgan fingerprint density at radius 3 is 2.18 bits per heavy atom. The monoisotopic (exact) mass is 645 g/mol. The summed E-state index contributed by atoms with van der Waals surface area (Å²) in [7, 11) is 4.51. The average Bonchev–Trinajstić information content (AvgIpc) is 3.05. The molecule has 0 aliphatic carbocycles. The molecule has 1 atom stereocenters. The third-order valence-electron chi connectivity index (χ3n) is 6.47. The molecule has 45 heavy (non-hydrogen) atoms. The van der Waals surface area contributed by atoms with Crippen LogP contribution in [0.1, 0.15) is 22.8 Å². The second-order valence-electron chi connectivity index (χ2n) is 9.54. The van der Waals surface area contributed by atoms with E-state index in [-0.39, 0.29) is 11.6 Å². The van der Waals surface area contributed by atoms with Crippen LogP contribution in [0.3, 0.4) is 0 Å². The lowest BCUT2D eigenvalue weighted by Gasteiger charge is -2.16. The maximum Gasteiger partial charge on any atom is 0.272 e. The van der Waals surface area contributed by atoms with E-state index in [9.17, 15) is 14.4 Å². The number of carbonyl (C=O) groups excluding carboxylic acids is 3. The van der Waals surface area contributed by atoms with Gasteiger partial charge in [0.05, 0.1) is 37.3 Å². The molecule has 0 aliphatic heterocycles. The zero-order valence-corrected chi connectivity index (χ0v) is 26.6. The molecule has 0 bridgehead atoms. The highest BCUT2D eigenvalue weighted by Crippen LogP contribution is 2.36. The van der Waals surface area contributed by atoms with Crippen molar-refractivity contribution < 1.29 is 28.6 Å². The number of carbonyl (C=O) groups is 3. The SMILES string of the molecule is COc1cc(OC)c(NC(=O)C(C)Sc2cccc(NC(=O)/C(=C\c3ccccc3OC)NC(=O)c3ccccc3)c2)cc1Cl. The highest BCUT2D eigenvalue weighted by atomic mass is 35.5. The van der Waals surface area contributed by atoms with Gasteiger partial charge in [0.2, 0.25) is 5.91 Å². The number of hydrogen-bond donors (Lipinski definition) is 3. The van der Waals surface area contributed by atoms with Crippen molar-refractivity contribution >= 4 is 58.5 Å². The molecule has 0 saturated heterocycles. The van der Waals surface area contributed by atoms with Crippen molar-refractivity contribution in [2.45, 2.75) is 17.1 Å². The Labute approximate surface area is 270 Å². The molecule has 4 rings (SSSR count). The van der Waals surface area contributed by atoms with Gasteiger partial charge < -0.3 is 30.2 Å². The summed E-state index contributed by atoms with van der Waals surface area (Å²) in [6, 6.07) is 26.0. The summed E-state index contributed by atoms with van der Waals surface area (Å²) in [6.07, 6.45) is 1.56. The van der Waals surface area contributed by atoms with Crippen molar-refractivity contribution in [2.75, 3.05) is 32.0 Å². The predicted octanol–water partition coefficient (Wildman–Crippen LogP) is 6.89. The second kappa shape index (κ2) is 15.7. The molecular weight excluding hydrogens is 614 g/mol.